The van der Waals surface area contributed by atoms with E-state index in [1.807, 2.05) is 49.4 Å². The van der Waals surface area contributed by atoms with Crippen LogP contribution in [-0.2, 0) is 13.1 Å². The Morgan fingerprint density at radius 2 is 1.88 bits per heavy atom. The van der Waals surface area contributed by atoms with E-state index >= 15 is 0 Å². The molecule has 5 heteroatoms. The Hall–Kier alpha value is -1.72. The summed E-state index contributed by atoms with van der Waals surface area (Å²) in [6, 6.07) is 15.6. The van der Waals surface area contributed by atoms with E-state index in [2.05, 4.69) is 43.8 Å². The van der Waals surface area contributed by atoms with Crippen molar-refractivity contribution in [3.63, 3.8) is 0 Å². The zero-order chi connectivity index (χ0) is 16.4. The number of allylic oxidation sites excluding steroid dienone is 1. The topological polar surface area (TPSA) is 25.9 Å². The smallest absolute Gasteiger partial charge is 0.254 e. The second-order valence-electron chi connectivity index (χ2n) is 5.45. The first-order chi connectivity index (χ1) is 11.1. The third-order valence-electron chi connectivity index (χ3n) is 4.02. The number of rotatable bonds is 5. The summed E-state index contributed by atoms with van der Waals surface area (Å²) in [6.45, 7) is 6.93. The van der Waals surface area contributed by atoms with Crippen molar-refractivity contribution in [2.24, 2.45) is 0 Å². The minimum absolute atomic E-state index is 0. The van der Waals surface area contributed by atoms with Crippen LogP contribution in [-0.4, -0.2) is 10.4 Å². The second kappa shape index (κ2) is 7.90. The minimum atomic E-state index is 0. The van der Waals surface area contributed by atoms with Crippen LogP contribution in [0.25, 0.3) is 11.0 Å². The summed E-state index contributed by atoms with van der Waals surface area (Å²) in [7, 11) is 0. The number of hydrogen-bond donors (Lipinski definition) is 0. The molecule has 0 aliphatic rings. The maximum absolute atomic E-state index is 12.6. The van der Waals surface area contributed by atoms with Crippen molar-refractivity contribution in [2.75, 3.05) is 0 Å². The van der Waals surface area contributed by atoms with Gasteiger partial charge in [-0.1, -0.05) is 52.9 Å². The lowest BCUT2D eigenvalue weighted by atomic mass is 10.1. The summed E-state index contributed by atoms with van der Waals surface area (Å²) in [5.74, 6) is 1.16. The second-order valence-corrected chi connectivity index (χ2v) is 6.37. The van der Waals surface area contributed by atoms with Crippen LogP contribution >= 0.6 is 15.9 Å². The highest BCUT2D eigenvalue weighted by Crippen LogP contribution is 2.15. The molecule has 0 unspecified atom stereocenters. The molecule has 3 nitrogen and oxygen atoms in total. The molecule has 0 saturated carbocycles. The Bertz CT molecular complexity index is 882. The maximum atomic E-state index is 12.6. The molecule has 0 saturated heterocycles. The molecule has 0 fully saturated rings. The van der Waals surface area contributed by atoms with Crippen LogP contribution in [0.1, 0.15) is 16.2 Å². The van der Waals surface area contributed by atoms with E-state index in [9.17, 15) is 4.79 Å². The number of fused-ring (bicyclic) bond motifs is 1. The van der Waals surface area contributed by atoms with Crippen molar-refractivity contribution in [3.05, 3.63) is 77.0 Å². The third kappa shape index (κ3) is 3.52. The highest BCUT2D eigenvalue weighted by Gasteiger charge is 2.22. The third-order valence-corrected chi connectivity index (χ3v) is 4.55. The predicted molar refractivity (Wildman–Crippen MR) is 95.5 cm³/mol. The molecule has 3 aromatic rings. The highest BCUT2D eigenvalue weighted by atomic mass is 79.9. The van der Waals surface area contributed by atoms with E-state index in [1.54, 1.807) is 0 Å². The van der Waals surface area contributed by atoms with Gasteiger partial charge in [0.05, 0.1) is 0 Å². The maximum Gasteiger partial charge on any atom is 0.254 e. The number of Topliss-reactive ketones (excluding diaryl/α,β-unsaturated/α-hetero) is 1. The number of nitrogens with zero attached hydrogens (tertiary/aromatic N) is 2. The van der Waals surface area contributed by atoms with Gasteiger partial charge in [0.15, 0.2) is 17.6 Å². The summed E-state index contributed by atoms with van der Waals surface area (Å²) >= 11 is 3.40. The number of carbonyl (C=O) groups excluding carboxylic acids is 1. The van der Waals surface area contributed by atoms with E-state index in [-0.39, 0.29) is 22.8 Å². The average molecular weight is 450 g/mol. The number of ketones is 1. The Kier molecular flexibility index (Phi) is 6.13. The summed E-state index contributed by atoms with van der Waals surface area (Å²) < 4.78 is 5.22. The quantitative estimate of drug-likeness (QED) is 0.325. The molecule has 1 aromatic heterocycles. The van der Waals surface area contributed by atoms with Gasteiger partial charge in [-0.2, -0.15) is 0 Å². The van der Waals surface area contributed by atoms with Gasteiger partial charge < -0.3 is 17.0 Å². The van der Waals surface area contributed by atoms with Gasteiger partial charge >= 0.3 is 0 Å². The molecule has 0 N–H and O–H groups in total. The van der Waals surface area contributed by atoms with Gasteiger partial charge in [-0.25, -0.2) is 9.13 Å². The molecule has 0 radical (unpaired) electrons. The van der Waals surface area contributed by atoms with Gasteiger partial charge in [0.2, 0.25) is 5.78 Å². The molecule has 2 aromatic carbocycles. The molecule has 3 rings (SSSR count). The van der Waals surface area contributed by atoms with E-state index in [0.29, 0.717) is 6.54 Å². The zero-order valence-electron chi connectivity index (χ0n) is 13.4. The van der Waals surface area contributed by atoms with E-state index < -0.39 is 0 Å². The number of imidazole rings is 1. The summed E-state index contributed by atoms with van der Waals surface area (Å²) in [5, 5.41) is 0. The van der Waals surface area contributed by atoms with Crippen molar-refractivity contribution < 1.29 is 26.3 Å². The van der Waals surface area contributed by atoms with Crippen molar-refractivity contribution in [1.82, 2.24) is 4.57 Å². The Balaban J connectivity index is 0.00000208. The molecular formula is C19H18Br2N2O. The number of benzene rings is 2. The van der Waals surface area contributed by atoms with Crippen LogP contribution in [0.3, 0.4) is 0 Å². The highest BCUT2D eigenvalue weighted by molar-refractivity contribution is 9.10. The molecule has 24 heavy (non-hydrogen) atoms. The monoisotopic (exact) mass is 448 g/mol. The number of aromatic nitrogens is 2. The Morgan fingerprint density at radius 1 is 1.21 bits per heavy atom. The molecule has 0 bridgehead atoms. The van der Waals surface area contributed by atoms with Crippen LogP contribution < -0.4 is 21.5 Å². The SMILES string of the molecule is C=CCn1c(C)[n+](CC(=O)c2ccc(Br)cc2)c2ccccc21.[Br-]. The summed E-state index contributed by atoms with van der Waals surface area (Å²) in [5.41, 5.74) is 2.91. The van der Waals surface area contributed by atoms with Gasteiger partial charge in [-0.15, -0.1) is 0 Å². The van der Waals surface area contributed by atoms with Gasteiger partial charge in [0, 0.05) is 17.0 Å². The van der Waals surface area contributed by atoms with Gasteiger partial charge in [-0.05, 0) is 24.3 Å². The fourth-order valence-corrected chi connectivity index (χ4v) is 3.11. The average Bonchev–Trinajstić information content (AvgIpc) is 2.82. The first kappa shape index (κ1) is 18.6. The standard InChI is InChI=1S/C19H18BrN2O.BrH/c1-3-12-21-14(2)22(18-7-5-4-6-17(18)21)13-19(23)15-8-10-16(20)11-9-15;/h3-11H,1,12-13H2,2H3;1H/q+1;/p-1. The van der Waals surface area contributed by atoms with Crippen LogP contribution in [0.5, 0.6) is 0 Å². The van der Waals surface area contributed by atoms with Crippen molar-refractivity contribution >= 4 is 32.7 Å². The summed E-state index contributed by atoms with van der Waals surface area (Å²) in [6.07, 6.45) is 1.88. The van der Waals surface area contributed by atoms with Gasteiger partial charge in [-0.3, -0.25) is 4.79 Å². The van der Waals surface area contributed by atoms with Gasteiger partial charge in [0.1, 0.15) is 6.54 Å². The van der Waals surface area contributed by atoms with Crippen LogP contribution in [0, 0.1) is 6.92 Å². The normalized spacial score (nSPS) is 10.4. The lowest BCUT2D eigenvalue weighted by Gasteiger charge is -2.02. The largest absolute Gasteiger partial charge is 1.00 e. The Labute approximate surface area is 160 Å². The first-order valence-corrected chi connectivity index (χ1v) is 8.28. The number of hydrogen-bond acceptors (Lipinski definition) is 1. The number of halogens is 2. The first-order valence-electron chi connectivity index (χ1n) is 7.49. The lowest BCUT2D eigenvalue weighted by Crippen LogP contribution is -3.00. The molecule has 124 valence electrons. The van der Waals surface area contributed by atoms with E-state index in [0.717, 1.165) is 33.4 Å². The Morgan fingerprint density at radius 3 is 2.54 bits per heavy atom. The minimum Gasteiger partial charge on any atom is -1.00 e. The summed E-state index contributed by atoms with van der Waals surface area (Å²) in [4.78, 5) is 12.6. The molecular weight excluding hydrogens is 432 g/mol. The van der Waals surface area contributed by atoms with E-state index in [4.69, 9.17) is 0 Å². The van der Waals surface area contributed by atoms with Crippen LogP contribution in [0.4, 0.5) is 0 Å². The fraction of sp³-hybridized carbons (Fsp3) is 0.158. The van der Waals surface area contributed by atoms with E-state index in [1.165, 1.54) is 0 Å². The van der Waals surface area contributed by atoms with Gasteiger partial charge in [0.25, 0.3) is 5.82 Å². The van der Waals surface area contributed by atoms with Crippen molar-refractivity contribution in [3.8, 4) is 0 Å². The molecule has 0 aliphatic heterocycles. The molecule has 0 atom stereocenters. The molecule has 0 spiro atoms. The molecule has 0 aliphatic carbocycles. The predicted octanol–water partition coefficient (Wildman–Crippen LogP) is 1.07. The van der Waals surface area contributed by atoms with Crippen molar-refractivity contribution in [1.29, 1.82) is 0 Å². The molecule has 0 amide bonds. The zero-order valence-corrected chi connectivity index (χ0v) is 16.5. The van der Waals surface area contributed by atoms with Crippen molar-refractivity contribution in [2.45, 2.75) is 20.0 Å². The molecule has 1 heterocycles. The van der Waals surface area contributed by atoms with Crippen LogP contribution in [0.2, 0.25) is 0 Å². The number of para-hydroxylation sites is 2. The number of carbonyl (C=O) groups is 1. The fourth-order valence-electron chi connectivity index (χ4n) is 2.84. The lowest BCUT2D eigenvalue weighted by molar-refractivity contribution is -0.664. The van der Waals surface area contributed by atoms with Crippen LogP contribution in [0.15, 0.2) is 65.7 Å².